The number of hydrogen-bond donors (Lipinski definition) is 3. The largest absolute Gasteiger partial charge is 0.573 e. The first kappa shape index (κ1) is 36.6. The van der Waals surface area contributed by atoms with Gasteiger partial charge in [-0.1, -0.05) is 54.6 Å². The highest BCUT2D eigenvalue weighted by Crippen LogP contribution is 2.32. The van der Waals surface area contributed by atoms with Gasteiger partial charge in [0, 0.05) is 31.3 Å². The summed E-state index contributed by atoms with van der Waals surface area (Å²) in [5.74, 6) is -7.81. The molecule has 0 saturated heterocycles. The van der Waals surface area contributed by atoms with Crippen LogP contribution in [-0.4, -0.2) is 71.9 Å². The van der Waals surface area contributed by atoms with E-state index in [9.17, 15) is 51.7 Å². The summed E-state index contributed by atoms with van der Waals surface area (Å²) in [6.45, 7) is -1.03. The predicted molar refractivity (Wildman–Crippen MR) is 169 cm³/mol. The molecule has 0 saturated carbocycles. The molecule has 0 atom stereocenters. The monoisotopic (exact) mass is 696 g/mol. The highest BCUT2D eigenvalue weighted by atomic mass is 19.4. The van der Waals surface area contributed by atoms with Crippen molar-refractivity contribution in [1.82, 2.24) is 4.90 Å². The Labute approximate surface area is 281 Å². The molecule has 0 spiro atoms. The number of anilines is 1. The Kier molecular flexibility index (Phi) is 10.9. The molecule has 0 bridgehead atoms. The molecular weight excluding hydrogens is 668 g/mol. The molecule has 2 amide bonds. The standard InChI is InChI=1S/C35H28F4N2O9/c1-41(2)31(44)26-16-20(17-29(42)49-19-34(32(45)46,33(47)48)21-8-4-3-5-9-21)12-15-28(26)40-30(43)25-11-7-6-10-23(25)24-14-13-22(18-27(24)36)50-35(37,38)39/h3-16,18H,17,19H2,1-2H3,(H,40,43)(H,45,46)(H,47,48). The predicted octanol–water partition coefficient (Wildman–Crippen LogP) is 5.54. The fourth-order valence-electron chi connectivity index (χ4n) is 4.92. The second-order valence-corrected chi connectivity index (χ2v) is 11.0. The van der Waals surface area contributed by atoms with Gasteiger partial charge in [0.15, 0.2) is 0 Å². The van der Waals surface area contributed by atoms with Gasteiger partial charge in [0.25, 0.3) is 11.8 Å². The van der Waals surface area contributed by atoms with Gasteiger partial charge in [-0.3, -0.25) is 24.0 Å². The van der Waals surface area contributed by atoms with E-state index in [-0.39, 0.29) is 39.1 Å². The van der Waals surface area contributed by atoms with Crippen LogP contribution in [0.5, 0.6) is 5.75 Å². The Morgan fingerprint density at radius 2 is 1.42 bits per heavy atom. The van der Waals surface area contributed by atoms with E-state index in [1.165, 1.54) is 85.7 Å². The van der Waals surface area contributed by atoms with Crippen molar-refractivity contribution in [3.8, 4) is 16.9 Å². The number of aliphatic carboxylic acids is 2. The van der Waals surface area contributed by atoms with Gasteiger partial charge >= 0.3 is 24.3 Å². The summed E-state index contributed by atoms with van der Waals surface area (Å²) < 4.78 is 61.6. The minimum Gasteiger partial charge on any atom is -0.480 e. The Morgan fingerprint density at radius 3 is 2.02 bits per heavy atom. The molecule has 0 aliphatic rings. The lowest BCUT2D eigenvalue weighted by Crippen LogP contribution is -2.48. The van der Waals surface area contributed by atoms with Crippen LogP contribution in [0.2, 0.25) is 0 Å². The number of nitrogens with zero attached hydrogens (tertiary/aromatic N) is 1. The molecule has 11 nitrogen and oxygen atoms in total. The third kappa shape index (κ3) is 8.24. The Morgan fingerprint density at radius 1 is 0.780 bits per heavy atom. The van der Waals surface area contributed by atoms with E-state index >= 15 is 0 Å². The van der Waals surface area contributed by atoms with E-state index in [4.69, 9.17) is 4.74 Å². The third-order valence-corrected chi connectivity index (χ3v) is 7.40. The molecule has 260 valence electrons. The van der Waals surface area contributed by atoms with Gasteiger partial charge in [-0.25, -0.2) is 4.39 Å². The lowest BCUT2D eigenvalue weighted by atomic mass is 9.81. The molecule has 0 unspecified atom stereocenters. The minimum absolute atomic E-state index is 0.0186. The van der Waals surface area contributed by atoms with E-state index in [0.29, 0.717) is 6.07 Å². The SMILES string of the molecule is CN(C)C(=O)c1cc(CC(=O)OCC(C(=O)O)(C(=O)O)c2ccccc2)ccc1NC(=O)c1ccccc1-c1ccc(OC(F)(F)F)cc1F. The Bertz CT molecular complexity index is 1930. The van der Waals surface area contributed by atoms with Crippen molar-refractivity contribution in [3.63, 3.8) is 0 Å². The van der Waals surface area contributed by atoms with Crippen molar-refractivity contribution in [3.05, 3.63) is 119 Å². The zero-order valence-corrected chi connectivity index (χ0v) is 26.3. The van der Waals surface area contributed by atoms with Gasteiger partial charge in [-0.2, -0.15) is 0 Å². The van der Waals surface area contributed by atoms with E-state index < -0.39 is 66.1 Å². The quantitative estimate of drug-likeness (QED) is 0.0983. The molecule has 0 radical (unpaired) electrons. The lowest BCUT2D eigenvalue weighted by molar-refractivity contribution is -0.274. The molecule has 0 fully saturated rings. The number of carboxylic acid groups (broad SMARTS) is 2. The number of esters is 1. The van der Waals surface area contributed by atoms with Crippen LogP contribution >= 0.6 is 0 Å². The van der Waals surface area contributed by atoms with Crippen molar-refractivity contribution in [2.24, 2.45) is 0 Å². The maximum Gasteiger partial charge on any atom is 0.573 e. The molecule has 0 aromatic heterocycles. The summed E-state index contributed by atoms with van der Waals surface area (Å²) >= 11 is 0. The first-order valence-corrected chi connectivity index (χ1v) is 14.5. The number of carbonyl (C=O) groups is 5. The van der Waals surface area contributed by atoms with Gasteiger partial charge < -0.3 is 29.9 Å². The number of ether oxygens (including phenoxy) is 2. The van der Waals surface area contributed by atoms with Crippen LogP contribution in [0.25, 0.3) is 11.1 Å². The maximum atomic E-state index is 14.9. The Balaban J connectivity index is 1.58. The number of hydrogen-bond acceptors (Lipinski definition) is 7. The first-order chi connectivity index (χ1) is 23.5. The average molecular weight is 697 g/mol. The van der Waals surface area contributed by atoms with Crippen LogP contribution in [0.1, 0.15) is 31.8 Å². The number of nitrogens with one attached hydrogen (secondary N) is 1. The third-order valence-electron chi connectivity index (χ3n) is 7.40. The smallest absolute Gasteiger partial charge is 0.480 e. The maximum absolute atomic E-state index is 14.9. The number of carboxylic acids is 2. The van der Waals surface area contributed by atoms with Crippen LogP contribution in [0.15, 0.2) is 91.0 Å². The highest BCUT2D eigenvalue weighted by Gasteiger charge is 2.50. The summed E-state index contributed by atoms with van der Waals surface area (Å²) in [5, 5.41) is 22.2. The van der Waals surface area contributed by atoms with Gasteiger partial charge in [-0.05, 0) is 47.0 Å². The summed E-state index contributed by atoms with van der Waals surface area (Å²) in [4.78, 5) is 64.9. The highest BCUT2D eigenvalue weighted by molar-refractivity contribution is 6.12. The minimum atomic E-state index is -5.04. The topological polar surface area (TPSA) is 160 Å². The van der Waals surface area contributed by atoms with Crippen molar-refractivity contribution in [1.29, 1.82) is 0 Å². The number of carbonyl (C=O) groups excluding carboxylic acids is 3. The van der Waals surface area contributed by atoms with Gasteiger partial charge in [-0.15, -0.1) is 13.2 Å². The van der Waals surface area contributed by atoms with Crippen molar-refractivity contribution < 1.29 is 61.2 Å². The van der Waals surface area contributed by atoms with Crippen LogP contribution < -0.4 is 10.1 Å². The first-order valence-electron chi connectivity index (χ1n) is 14.5. The average Bonchev–Trinajstić information content (AvgIpc) is 3.05. The number of amides is 2. The number of alkyl halides is 3. The van der Waals surface area contributed by atoms with E-state index in [2.05, 4.69) is 10.1 Å². The molecule has 3 N–H and O–H groups in total. The summed E-state index contributed by atoms with van der Waals surface area (Å²) in [7, 11) is 2.86. The zero-order valence-electron chi connectivity index (χ0n) is 26.3. The molecule has 0 heterocycles. The number of halogens is 4. The zero-order chi connectivity index (χ0) is 36.8. The van der Waals surface area contributed by atoms with Gasteiger partial charge in [0.05, 0.1) is 17.7 Å². The molecule has 4 aromatic rings. The summed E-state index contributed by atoms with van der Waals surface area (Å²) in [6, 6.07) is 19.1. The fraction of sp³-hybridized carbons (Fsp3) is 0.171. The van der Waals surface area contributed by atoms with Crippen molar-refractivity contribution in [2.45, 2.75) is 18.2 Å². The van der Waals surface area contributed by atoms with Crippen LogP contribution in [0.4, 0.5) is 23.2 Å². The van der Waals surface area contributed by atoms with E-state index in [0.717, 1.165) is 12.1 Å². The van der Waals surface area contributed by atoms with E-state index in [1.54, 1.807) is 6.07 Å². The van der Waals surface area contributed by atoms with Gasteiger partial charge in [0.1, 0.15) is 18.2 Å². The fourth-order valence-corrected chi connectivity index (χ4v) is 4.92. The second-order valence-electron chi connectivity index (χ2n) is 11.0. The number of benzene rings is 4. The van der Waals surface area contributed by atoms with Crippen LogP contribution in [-0.2, 0) is 31.0 Å². The lowest BCUT2D eigenvalue weighted by Gasteiger charge is -2.25. The Hall–Kier alpha value is -6.25. The molecule has 4 aromatic carbocycles. The van der Waals surface area contributed by atoms with Gasteiger partial charge in [0.2, 0.25) is 5.41 Å². The van der Waals surface area contributed by atoms with Crippen molar-refractivity contribution >= 4 is 35.4 Å². The van der Waals surface area contributed by atoms with E-state index in [1.807, 2.05) is 0 Å². The summed E-state index contributed by atoms with van der Waals surface area (Å²) in [5.41, 5.74) is -2.89. The molecule has 4 rings (SSSR count). The molecular formula is C35H28F4N2O9. The normalized spacial score (nSPS) is 11.3. The molecule has 0 aliphatic heterocycles. The molecule has 0 aliphatic carbocycles. The molecule has 15 heteroatoms. The summed E-state index contributed by atoms with van der Waals surface area (Å²) in [6.07, 6.45) is -5.56. The second kappa shape index (κ2) is 14.9. The van der Waals surface area contributed by atoms with Crippen LogP contribution in [0, 0.1) is 5.82 Å². The van der Waals surface area contributed by atoms with Crippen LogP contribution in [0.3, 0.4) is 0 Å². The number of rotatable bonds is 12. The van der Waals surface area contributed by atoms with Crippen molar-refractivity contribution in [2.75, 3.05) is 26.0 Å². The molecule has 50 heavy (non-hydrogen) atoms.